The van der Waals surface area contributed by atoms with Crippen molar-refractivity contribution in [1.29, 1.82) is 0 Å². The average molecular weight is 451 g/mol. The highest BCUT2D eigenvalue weighted by molar-refractivity contribution is 6.30. The molecule has 0 unspecified atom stereocenters. The minimum atomic E-state index is -1.26. The molecule has 170 valence electrons. The number of hydrogen-bond acceptors (Lipinski definition) is 4. The average Bonchev–Trinajstić information content (AvgIpc) is 3.28. The number of halogens is 1. The molecular formula is C23H31ClN2O5. The van der Waals surface area contributed by atoms with Gasteiger partial charge in [0.25, 0.3) is 0 Å². The molecule has 1 aliphatic heterocycles. The maximum Gasteiger partial charge on any atom is 0.328 e. The molecule has 1 saturated carbocycles. The van der Waals surface area contributed by atoms with Gasteiger partial charge in [-0.05, 0) is 56.5 Å². The highest BCUT2D eigenvalue weighted by Gasteiger charge is 2.35. The third-order valence-electron chi connectivity index (χ3n) is 5.83. The number of rotatable bonds is 6. The van der Waals surface area contributed by atoms with Crippen molar-refractivity contribution in [2.24, 2.45) is 0 Å². The lowest BCUT2D eigenvalue weighted by atomic mass is 9.88. The van der Waals surface area contributed by atoms with Gasteiger partial charge in [0, 0.05) is 36.3 Å². The summed E-state index contributed by atoms with van der Waals surface area (Å²) in [5, 5.41) is 16.3. The summed E-state index contributed by atoms with van der Waals surface area (Å²) >= 11 is 5.92. The number of nitrogens with zero attached hydrogens (tertiary/aromatic N) is 2. The van der Waals surface area contributed by atoms with E-state index in [-0.39, 0.29) is 5.91 Å². The number of carboxylic acid groups (broad SMARTS) is 2. The zero-order chi connectivity index (χ0) is 22.8. The molecule has 0 radical (unpaired) electrons. The van der Waals surface area contributed by atoms with Crippen molar-refractivity contribution >= 4 is 29.4 Å². The molecule has 2 N–H and O–H groups in total. The van der Waals surface area contributed by atoms with E-state index in [0.29, 0.717) is 30.7 Å². The van der Waals surface area contributed by atoms with E-state index in [1.54, 1.807) is 0 Å². The SMILES string of the molecule is CN(C(=O)Cc1ccc(Cl)cc1)[C@@H]1CCCC[C@@H]1N1CCCC1.O=C(O)/C=C/C(=O)O. The summed E-state index contributed by atoms with van der Waals surface area (Å²) in [6.45, 7) is 2.42. The zero-order valence-electron chi connectivity index (χ0n) is 17.9. The standard InChI is InChI=1S/C19H27ClN2O.C4H4O4/c1-21(19(23)14-15-8-10-16(20)11-9-15)17-6-2-3-7-18(17)22-12-4-5-13-22;5-3(6)1-2-4(7)8/h8-11,17-18H,2-7,12-14H2,1H3;1-2H,(H,5,6)(H,7,8)/b;2-1+/t17-,18+;/m1./s1. The molecule has 1 amide bonds. The summed E-state index contributed by atoms with van der Waals surface area (Å²) in [5.74, 6) is -2.29. The Bertz CT molecular complexity index is 759. The lowest BCUT2D eigenvalue weighted by Crippen LogP contribution is -2.53. The van der Waals surface area contributed by atoms with E-state index >= 15 is 0 Å². The molecule has 3 rings (SSSR count). The van der Waals surface area contributed by atoms with Crippen LogP contribution in [0.25, 0.3) is 0 Å². The normalized spacial score (nSPS) is 21.4. The van der Waals surface area contributed by atoms with Crippen molar-refractivity contribution in [2.75, 3.05) is 20.1 Å². The monoisotopic (exact) mass is 450 g/mol. The molecule has 2 fully saturated rings. The molecule has 2 aliphatic rings. The second kappa shape index (κ2) is 12.5. The lowest BCUT2D eigenvalue weighted by Gasteiger charge is -2.42. The van der Waals surface area contributed by atoms with Crippen molar-refractivity contribution in [1.82, 2.24) is 9.80 Å². The van der Waals surface area contributed by atoms with Gasteiger partial charge >= 0.3 is 11.9 Å². The molecule has 0 spiro atoms. The molecule has 31 heavy (non-hydrogen) atoms. The number of carbonyl (C=O) groups is 3. The highest BCUT2D eigenvalue weighted by atomic mass is 35.5. The van der Waals surface area contributed by atoms with Crippen molar-refractivity contribution in [3.05, 3.63) is 47.0 Å². The van der Waals surface area contributed by atoms with Gasteiger partial charge in [-0.3, -0.25) is 9.69 Å². The van der Waals surface area contributed by atoms with E-state index < -0.39 is 11.9 Å². The summed E-state index contributed by atoms with van der Waals surface area (Å²) < 4.78 is 0. The van der Waals surface area contributed by atoms with E-state index in [1.807, 2.05) is 36.2 Å². The molecule has 2 atom stereocenters. The number of likely N-dealkylation sites (tertiary alicyclic amines) is 1. The number of benzene rings is 1. The summed E-state index contributed by atoms with van der Waals surface area (Å²) in [5.41, 5.74) is 1.04. The largest absolute Gasteiger partial charge is 0.478 e. The first-order valence-electron chi connectivity index (χ1n) is 10.7. The summed E-state index contributed by atoms with van der Waals surface area (Å²) in [4.78, 5) is 36.5. The van der Waals surface area contributed by atoms with Crippen molar-refractivity contribution in [2.45, 2.75) is 57.0 Å². The molecule has 1 saturated heterocycles. The highest BCUT2D eigenvalue weighted by Crippen LogP contribution is 2.29. The van der Waals surface area contributed by atoms with Crippen LogP contribution < -0.4 is 0 Å². The van der Waals surface area contributed by atoms with Gasteiger partial charge in [-0.1, -0.05) is 36.6 Å². The van der Waals surface area contributed by atoms with Crippen LogP contribution in [0.15, 0.2) is 36.4 Å². The minimum Gasteiger partial charge on any atom is -0.478 e. The molecule has 1 aromatic carbocycles. The molecule has 0 aromatic heterocycles. The molecule has 1 aliphatic carbocycles. The number of carbonyl (C=O) groups excluding carboxylic acids is 1. The van der Waals surface area contributed by atoms with E-state index in [9.17, 15) is 14.4 Å². The Morgan fingerprint density at radius 3 is 2.10 bits per heavy atom. The fourth-order valence-corrected chi connectivity index (χ4v) is 4.40. The Kier molecular flexibility index (Phi) is 10.0. The molecule has 8 heteroatoms. The van der Waals surface area contributed by atoms with Crippen LogP contribution in [0.4, 0.5) is 0 Å². The Labute approximate surface area is 188 Å². The van der Waals surface area contributed by atoms with Gasteiger partial charge in [-0.2, -0.15) is 0 Å². The van der Waals surface area contributed by atoms with E-state index in [1.165, 1.54) is 45.2 Å². The Hall–Kier alpha value is -2.38. The fourth-order valence-electron chi connectivity index (χ4n) is 4.27. The van der Waals surface area contributed by atoms with E-state index in [2.05, 4.69) is 4.90 Å². The van der Waals surface area contributed by atoms with Crippen LogP contribution in [0.2, 0.25) is 5.02 Å². The van der Waals surface area contributed by atoms with E-state index in [0.717, 1.165) is 17.0 Å². The second-order valence-electron chi connectivity index (χ2n) is 7.98. The summed E-state index contributed by atoms with van der Waals surface area (Å²) in [7, 11) is 2.00. The van der Waals surface area contributed by atoms with Crippen LogP contribution in [-0.2, 0) is 20.8 Å². The predicted octanol–water partition coefficient (Wildman–Crippen LogP) is 3.46. The zero-order valence-corrected chi connectivity index (χ0v) is 18.6. The van der Waals surface area contributed by atoms with Crippen molar-refractivity contribution in [3.8, 4) is 0 Å². The van der Waals surface area contributed by atoms with Gasteiger partial charge < -0.3 is 15.1 Å². The van der Waals surface area contributed by atoms with Gasteiger partial charge in [0.15, 0.2) is 0 Å². The van der Waals surface area contributed by atoms with Crippen molar-refractivity contribution in [3.63, 3.8) is 0 Å². The Morgan fingerprint density at radius 1 is 1.00 bits per heavy atom. The molecule has 0 bridgehead atoms. The fraction of sp³-hybridized carbons (Fsp3) is 0.522. The number of hydrogen-bond donors (Lipinski definition) is 2. The Morgan fingerprint density at radius 2 is 1.55 bits per heavy atom. The van der Waals surface area contributed by atoms with Gasteiger partial charge in [-0.15, -0.1) is 0 Å². The van der Waals surface area contributed by atoms with Crippen molar-refractivity contribution < 1.29 is 24.6 Å². The summed E-state index contributed by atoms with van der Waals surface area (Å²) in [6.07, 6.45) is 9.14. The van der Waals surface area contributed by atoms with Gasteiger partial charge in [0.2, 0.25) is 5.91 Å². The van der Waals surface area contributed by atoms with Crippen LogP contribution in [-0.4, -0.2) is 70.1 Å². The van der Waals surface area contributed by atoms with Crippen LogP contribution >= 0.6 is 11.6 Å². The number of likely N-dealkylation sites (N-methyl/N-ethyl adjacent to an activating group) is 1. The van der Waals surface area contributed by atoms with Gasteiger partial charge in [0.05, 0.1) is 6.42 Å². The van der Waals surface area contributed by atoms with Gasteiger partial charge in [0.1, 0.15) is 0 Å². The molecule has 7 nitrogen and oxygen atoms in total. The lowest BCUT2D eigenvalue weighted by molar-refractivity contribution is -0.134. The first kappa shape index (κ1) is 24.9. The first-order valence-corrected chi connectivity index (χ1v) is 11.0. The van der Waals surface area contributed by atoms with Gasteiger partial charge in [-0.25, -0.2) is 9.59 Å². The van der Waals surface area contributed by atoms with Crippen LogP contribution in [0.1, 0.15) is 44.1 Å². The number of aliphatic carboxylic acids is 2. The Balaban J connectivity index is 0.000000366. The molecular weight excluding hydrogens is 420 g/mol. The second-order valence-corrected chi connectivity index (χ2v) is 8.42. The maximum atomic E-state index is 12.7. The molecule has 1 heterocycles. The predicted molar refractivity (Wildman–Crippen MR) is 119 cm³/mol. The maximum absolute atomic E-state index is 12.7. The molecule has 1 aromatic rings. The third-order valence-corrected chi connectivity index (χ3v) is 6.08. The minimum absolute atomic E-state index is 0.225. The summed E-state index contributed by atoms with van der Waals surface area (Å²) in [6, 6.07) is 8.56. The smallest absolute Gasteiger partial charge is 0.328 e. The topological polar surface area (TPSA) is 98.2 Å². The van der Waals surface area contributed by atoms with Crippen LogP contribution in [0.3, 0.4) is 0 Å². The van der Waals surface area contributed by atoms with Crippen LogP contribution in [0, 0.1) is 0 Å². The first-order chi connectivity index (χ1) is 14.8. The quantitative estimate of drug-likeness (QED) is 0.644. The van der Waals surface area contributed by atoms with Crippen LogP contribution in [0.5, 0.6) is 0 Å². The number of amides is 1. The van der Waals surface area contributed by atoms with E-state index in [4.69, 9.17) is 21.8 Å². The number of carboxylic acids is 2. The third kappa shape index (κ3) is 8.34.